The van der Waals surface area contributed by atoms with Gasteiger partial charge in [0.2, 0.25) is 5.91 Å². The summed E-state index contributed by atoms with van der Waals surface area (Å²) < 4.78 is 28.4. The molecule has 0 saturated carbocycles. The number of benzene rings is 1. The van der Waals surface area contributed by atoms with Gasteiger partial charge in [-0.25, -0.2) is 8.42 Å². The van der Waals surface area contributed by atoms with Crippen molar-refractivity contribution in [1.82, 2.24) is 5.32 Å². The molecule has 1 aromatic rings. The third-order valence-corrected chi connectivity index (χ3v) is 4.58. The van der Waals surface area contributed by atoms with Gasteiger partial charge < -0.3 is 10.1 Å². The lowest BCUT2D eigenvalue weighted by atomic mass is 10.1. The first-order valence-electron chi connectivity index (χ1n) is 5.64. The minimum Gasteiger partial charge on any atom is -0.497 e. The van der Waals surface area contributed by atoms with Crippen LogP contribution in [0.2, 0.25) is 0 Å². The van der Waals surface area contributed by atoms with Crippen molar-refractivity contribution in [3.63, 3.8) is 0 Å². The second kappa shape index (κ2) is 4.97. The zero-order chi connectivity index (χ0) is 13.2. The predicted molar refractivity (Wildman–Crippen MR) is 67.1 cm³/mol. The Balaban J connectivity index is 2.26. The van der Waals surface area contributed by atoms with Crippen LogP contribution >= 0.6 is 0 Å². The molecule has 0 spiro atoms. The van der Waals surface area contributed by atoms with Crippen molar-refractivity contribution in [2.45, 2.75) is 12.5 Å². The van der Waals surface area contributed by atoms with Crippen molar-refractivity contribution in [1.29, 1.82) is 0 Å². The summed E-state index contributed by atoms with van der Waals surface area (Å²) in [6.07, 6.45) is 0.0367. The Morgan fingerprint density at radius 1 is 1.28 bits per heavy atom. The van der Waals surface area contributed by atoms with Crippen LogP contribution in [0, 0.1) is 0 Å². The molecule has 1 saturated heterocycles. The fourth-order valence-electron chi connectivity index (χ4n) is 1.91. The van der Waals surface area contributed by atoms with Crippen LogP contribution in [-0.2, 0) is 14.6 Å². The number of hydrogen-bond acceptors (Lipinski definition) is 4. The Bertz CT molecular complexity index is 536. The zero-order valence-corrected chi connectivity index (χ0v) is 10.9. The lowest BCUT2D eigenvalue weighted by Gasteiger charge is -2.16. The zero-order valence-electron chi connectivity index (χ0n) is 10.0. The fourth-order valence-corrected chi connectivity index (χ4v) is 3.36. The van der Waals surface area contributed by atoms with E-state index in [0.717, 1.165) is 5.56 Å². The van der Waals surface area contributed by atoms with Crippen LogP contribution < -0.4 is 10.1 Å². The smallest absolute Gasteiger partial charge is 0.221 e. The molecular formula is C12H15NO4S. The van der Waals surface area contributed by atoms with Crippen molar-refractivity contribution in [3.8, 4) is 5.75 Å². The van der Waals surface area contributed by atoms with Gasteiger partial charge >= 0.3 is 0 Å². The number of ether oxygens (including phenoxy) is 1. The topological polar surface area (TPSA) is 72.5 Å². The molecule has 98 valence electrons. The molecule has 5 nitrogen and oxygen atoms in total. The van der Waals surface area contributed by atoms with Gasteiger partial charge in [0.05, 0.1) is 24.7 Å². The standard InChI is InChI=1S/C12H15NO4S/c1-17-10-4-2-9(3-5-10)11-8-18(15,16)7-6-12(14)13-11/h2-5,11H,6-8H2,1H3,(H,13,14). The Hall–Kier alpha value is -1.56. The van der Waals surface area contributed by atoms with Gasteiger partial charge in [-0.2, -0.15) is 0 Å². The summed E-state index contributed by atoms with van der Waals surface area (Å²) in [4.78, 5) is 11.5. The number of hydrogen-bond donors (Lipinski definition) is 1. The van der Waals surface area contributed by atoms with Crippen molar-refractivity contribution in [2.24, 2.45) is 0 Å². The largest absolute Gasteiger partial charge is 0.497 e. The number of sulfone groups is 1. The van der Waals surface area contributed by atoms with E-state index in [1.165, 1.54) is 0 Å². The first-order chi connectivity index (χ1) is 8.50. The quantitative estimate of drug-likeness (QED) is 0.856. The van der Waals surface area contributed by atoms with E-state index in [9.17, 15) is 13.2 Å². The van der Waals surface area contributed by atoms with Gasteiger partial charge in [0.15, 0.2) is 9.84 Å². The summed E-state index contributed by atoms with van der Waals surface area (Å²) in [5, 5.41) is 2.73. The van der Waals surface area contributed by atoms with Crippen LogP contribution in [0.15, 0.2) is 24.3 Å². The maximum atomic E-state index is 11.7. The molecule has 2 rings (SSSR count). The average molecular weight is 269 g/mol. The second-order valence-electron chi connectivity index (χ2n) is 4.26. The Morgan fingerprint density at radius 2 is 1.94 bits per heavy atom. The SMILES string of the molecule is COc1ccc(C2CS(=O)(=O)CCC(=O)N2)cc1. The second-order valence-corrected chi connectivity index (χ2v) is 6.49. The van der Waals surface area contributed by atoms with Crippen LogP contribution in [0.3, 0.4) is 0 Å². The summed E-state index contributed by atoms with van der Waals surface area (Å²) in [6.45, 7) is 0. The number of nitrogens with one attached hydrogen (secondary N) is 1. The third-order valence-electron chi connectivity index (χ3n) is 2.91. The highest BCUT2D eigenvalue weighted by atomic mass is 32.2. The van der Waals surface area contributed by atoms with E-state index in [4.69, 9.17) is 4.74 Å². The average Bonchev–Trinajstić information content (AvgIpc) is 2.48. The van der Waals surface area contributed by atoms with Crippen LogP contribution in [0.1, 0.15) is 18.0 Å². The Morgan fingerprint density at radius 3 is 2.56 bits per heavy atom. The monoisotopic (exact) mass is 269 g/mol. The summed E-state index contributed by atoms with van der Waals surface area (Å²) in [6, 6.07) is 6.56. The molecule has 18 heavy (non-hydrogen) atoms. The molecule has 1 aliphatic rings. The summed E-state index contributed by atoms with van der Waals surface area (Å²) in [5.74, 6) is 0.342. The van der Waals surface area contributed by atoms with Crippen LogP contribution in [0.4, 0.5) is 0 Å². The lowest BCUT2D eigenvalue weighted by Crippen LogP contribution is -2.29. The summed E-state index contributed by atoms with van der Waals surface area (Å²) in [7, 11) is -1.62. The van der Waals surface area contributed by atoms with E-state index < -0.39 is 15.9 Å². The molecule has 1 fully saturated rings. The number of rotatable bonds is 2. The molecule has 0 bridgehead atoms. The van der Waals surface area contributed by atoms with E-state index in [0.29, 0.717) is 5.75 Å². The van der Waals surface area contributed by atoms with Gasteiger partial charge in [0.1, 0.15) is 5.75 Å². The van der Waals surface area contributed by atoms with E-state index in [1.54, 1.807) is 31.4 Å². The minimum absolute atomic E-state index is 0.0367. The number of carbonyl (C=O) groups excluding carboxylic acids is 1. The minimum atomic E-state index is -3.18. The van der Waals surface area contributed by atoms with E-state index in [2.05, 4.69) is 5.32 Å². The predicted octanol–water partition coefficient (Wildman–Crippen LogP) is 0.671. The number of carbonyl (C=O) groups is 1. The molecule has 1 atom stereocenters. The van der Waals surface area contributed by atoms with E-state index >= 15 is 0 Å². The van der Waals surface area contributed by atoms with Gasteiger partial charge in [-0.15, -0.1) is 0 Å². The van der Waals surface area contributed by atoms with Crippen molar-refractivity contribution in [2.75, 3.05) is 18.6 Å². The number of amides is 1. The van der Waals surface area contributed by atoms with Gasteiger partial charge in [0, 0.05) is 6.42 Å². The highest BCUT2D eigenvalue weighted by molar-refractivity contribution is 7.91. The molecule has 1 heterocycles. The Labute approximate surface area is 106 Å². The molecule has 1 aliphatic heterocycles. The molecule has 0 aromatic heterocycles. The van der Waals surface area contributed by atoms with Gasteiger partial charge in [0.25, 0.3) is 0 Å². The first kappa shape index (κ1) is 12.9. The lowest BCUT2D eigenvalue weighted by molar-refractivity contribution is -0.121. The molecule has 1 unspecified atom stereocenters. The highest BCUT2D eigenvalue weighted by Gasteiger charge is 2.27. The molecule has 1 aromatic carbocycles. The summed E-state index contributed by atoms with van der Waals surface area (Å²) >= 11 is 0. The van der Waals surface area contributed by atoms with Crippen molar-refractivity contribution < 1.29 is 17.9 Å². The highest BCUT2D eigenvalue weighted by Crippen LogP contribution is 2.21. The molecule has 6 heteroatoms. The van der Waals surface area contributed by atoms with Gasteiger partial charge in [-0.3, -0.25) is 4.79 Å². The van der Waals surface area contributed by atoms with Crippen molar-refractivity contribution >= 4 is 15.7 Å². The van der Waals surface area contributed by atoms with Crippen LogP contribution in [0.25, 0.3) is 0 Å². The molecule has 0 aliphatic carbocycles. The summed E-state index contributed by atoms with van der Waals surface area (Å²) in [5.41, 5.74) is 0.773. The molecule has 0 radical (unpaired) electrons. The molecule has 1 amide bonds. The fraction of sp³-hybridized carbons (Fsp3) is 0.417. The maximum Gasteiger partial charge on any atom is 0.221 e. The molecule has 1 N–H and O–H groups in total. The van der Waals surface area contributed by atoms with Crippen LogP contribution in [0.5, 0.6) is 5.75 Å². The third kappa shape index (κ3) is 3.01. The van der Waals surface area contributed by atoms with E-state index in [1.807, 2.05) is 0 Å². The van der Waals surface area contributed by atoms with E-state index in [-0.39, 0.29) is 23.8 Å². The Kier molecular flexibility index (Phi) is 3.56. The van der Waals surface area contributed by atoms with Gasteiger partial charge in [-0.05, 0) is 17.7 Å². The number of methoxy groups -OCH3 is 1. The van der Waals surface area contributed by atoms with Crippen LogP contribution in [-0.4, -0.2) is 32.9 Å². The maximum absolute atomic E-state index is 11.7. The molecular weight excluding hydrogens is 254 g/mol. The van der Waals surface area contributed by atoms with Gasteiger partial charge in [-0.1, -0.05) is 12.1 Å². The normalized spacial score (nSPS) is 22.9. The van der Waals surface area contributed by atoms with Crippen molar-refractivity contribution in [3.05, 3.63) is 29.8 Å². The first-order valence-corrected chi connectivity index (χ1v) is 7.46.